The molecule has 0 aliphatic carbocycles. The number of nitrogens with two attached hydrogens (primary N) is 3. The number of benzene rings is 3. The van der Waals surface area contributed by atoms with Gasteiger partial charge in [0.25, 0.3) is 0 Å². The molecule has 3 aromatic carbocycles. The van der Waals surface area contributed by atoms with E-state index < -0.39 is 11.9 Å². The molecular weight excluding hydrogens is 510 g/mol. The molecule has 1 heterocycles. The normalized spacial score (nSPS) is 14.2. The number of nitrogens with one attached hydrogen (secondary N) is 2. The Hall–Kier alpha value is -4.48. The first kappa shape index (κ1) is 28.5. The number of carbonyl (C=O) groups is 2. The molecular formula is C29H35N7O4. The molecule has 4 rings (SSSR count). The lowest BCUT2D eigenvalue weighted by atomic mass is 9.98. The van der Waals surface area contributed by atoms with Crippen LogP contribution >= 0.6 is 0 Å². The van der Waals surface area contributed by atoms with Gasteiger partial charge in [-0.2, -0.15) is 0 Å². The van der Waals surface area contributed by atoms with E-state index in [0.717, 1.165) is 51.1 Å². The average molecular weight is 546 g/mol. The van der Waals surface area contributed by atoms with E-state index in [0.29, 0.717) is 40.3 Å². The van der Waals surface area contributed by atoms with E-state index in [1.54, 1.807) is 54.6 Å². The fourth-order valence-electron chi connectivity index (χ4n) is 4.50. The van der Waals surface area contributed by atoms with Crippen LogP contribution in [0.3, 0.4) is 0 Å². The number of unbranched alkanes of at least 4 members (excludes halogenated alkanes) is 1. The van der Waals surface area contributed by atoms with Crippen LogP contribution in [0, 0.1) is 5.41 Å². The summed E-state index contributed by atoms with van der Waals surface area (Å²) in [5.41, 5.74) is 19.1. The fraction of sp³-hybridized carbons (Fsp3) is 0.310. The number of amides is 1. The summed E-state index contributed by atoms with van der Waals surface area (Å²) in [5, 5.41) is 12.1. The Kier molecular flexibility index (Phi) is 9.66. The Morgan fingerprint density at radius 1 is 0.975 bits per heavy atom. The van der Waals surface area contributed by atoms with Gasteiger partial charge in [0.1, 0.15) is 11.6 Å². The second kappa shape index (κ2) is 13.5. The maximum atomic E-state index is 12.9. The smallest absolute Gasteiger partial charge is 0.343 e. The number of amidine groups is 1. The number of nitrogens with zero attached hydrogens (tertiary/aromatic N) is 2. The molecule has 8 N–H and O–H groups in total. The number of esters is 1. The monoisotopic (exact) mass is 545 g/mol. The number of guanidine groups is 1. The van der Waals surface area contributed by atoms with Gasteiger partial charge in [0.2, 0.25) is 5.91 Å². The molecule has 0 aromatic heterocycles. The second-order valence-corrected chi connectivity index (χ2v) is 9.55. The van der Waals surface area contributed by atoms with Gasteiger partial charge in [0.15, 0.2) is 5.96 Å². The van der Waals surface area contributed by atoms with Crippen molar-refractivity contribution in [3.8, 4) is 5.75 Å². The predicted molar refractivity (Wildman–Crippen MR) is 156 cm³/mol. The fourth-order valence-corrected chi connectivity index (χ4v) is 4.50. The molecule has 3 aromatic rings. The Morgan fingerprint density at radius 3 is 2.40 bits per heavy atom. The van der Waals surface area contributed by atoms with Crippen LogP contribution in [0.5, 0.6) is 5.75 Å². The zero-order valence-electron chi connectivity index (χ0n) is 22.3. The first-order valence-corrected chi connectivity index (χ1v) is 13.2. The minimum absolute atomic E-state index is 0.0701. The van der Waals surface area contributed by atoms with Crippen molar-refractivity contribution < 1.29 is 19.1 Å². The first-order valence-electron chi connectivity index (χ1n) is 13.2. The number of fused-ring (bicyclic) bond motifs is 1. The minimum atomic E-state index is -0.584. The third kappa shape index (κ3) is 7.78. The topological polar surface area (TPSA) is 182 Å². The molecule has 0 saturated carbocycles. The summed E-state index contributed by atoms with van der Waals surface area (Å²) in [6.07, 6.45) is 1.87. The van der Waals surface area contributed by atoms with Crippen molar-refractivity contribution in [2.45, 2.75) is 19.3 Å². The Morgan fingerprint density at radius 2 is 1.70 bits per heavy atom. The molecule has 11 heteroatoms. The second-order valence-electron chi connectivity index (χ2n) is 9.55. The van der Waals surface area contributed by atoms with E-state index in [2.05, 4.69) is 15.2 Å². The zero-order chi connectivity index (χ0) is 28.5. The largest absolute Gasteiger partial charge is 0.423 e. The molecule has 210 valence electrons. The van der Waals surface area contributed by atoms with Crippen LogP contribution in [0.25, 0.3) is 10.8 Å². The molecule has 1 aliphatic heterocycles. The molecule has 1 aliphatic rings. The maximum Gasteiger partial charge on any atom is 0.343 e. The van der Waals surface area contributed by atoms with Crippen molar-refractivity contribution in [2.75, 3.05) is 44.7 Å². The molecule has 1 saturated heterocycles. The number of nitrogen functional groups attached to an aromatic ring is 1. The summed E-state index contributed by atoms with van der Waals surface area (Å²) >= 11 is 0. The van der Waals surface area contributed by atoms with Crippen LogP contribution in [0.4, 0.5) is 5.69 Å². The van der Waals surface area contributed by atoms with Gasteiger partial charge < -0.3 is 32.0 Å². The third-order valence-corrected chi connectivity index (χ3v) is 6.61. The van der Waals surface area contributed by atoms with Gasteiger partial charge in [-0.25, -0.2) is 4.79 Å². The quantitative estimate of drug-likeness (QED) is 0.0799. The van der Waals surface area contributed by atoms with Crippen molar-refractivity contribution in [2.24, 2.45) is 22.2 Å². The number of anilines is 1. The lowest BCUT2D eigenvalue weighted by Crippen LogP contribution is -2.36. The van der Waals surface area contributed by atoms with Crippen molar-refractivity contribution in [1.82, 2.24) is 4.90 Å². The molecule has 11 nitrogen and oxygen atoms in total. The Bertz CT molecular complexity index is 1400. The molecule has 0 atom stereocenters. The summed E-state index contributed by atoms with van der Waals surface area (Å²) in [4.78, 5) is 31.5. The molecule has 0 bridgehead atoms. The Labute approximate surface area is 232 Å². The number of hydrogen-bond acceptors (Lipinski definition) is 7. The van der Waals surface area contributed by atoms with Crippen LogP contribution in [0.1, 0.15) is 34.3 Å². The van der Waals surface area contributed by atoms with Crippen molar-refractivity contribution in [3.05, 3.63) is 71.3 Å². The first-order chi connectivity index (χ1) is 19.3. The number of rotatable bonds is 11. The van der Waals surface area contributed by atoms with E-state index >= 15 is 0 Å². The summed E-state index contributed by atoms with van der Waals surface area (Å²) in [6, 6.07) is 15.2. The standard InChI is InChI=1S/C29H35N7O4/c30-26(37)18-24-23-9-5-21(27(31)32)17-20(23)6-10-25(24)40-28(38)19-3-7-22(8-4-19)35-29(33)34-11-1-2-12-36-13-15-39-16-14-36/h3-10,17H,1-2,11-16,18H2,(H2,30,37)(H3,31,32)(H3,33,34,35). The third-order valence-electron chi connectivity index (χ3n) is 6.61. The highest BCUT2D eigenvalue weighted by molar-refractivity contribution is 6.01. The van der Waals surface area contributed by atoms with E-state index in [9.17, 15) is 9.59 Å². The van der Waals surface area contributed by atoms with E-state index in [1.807, 2.05) is 0 Å². The van der Waals surface area contributed by atoms with E-state index in [1.165, 1.54) is 0 Å². The number of primary amides is 1. The number of ether oxygens (including phenoxy) is 2. The van der Waals surface area contributed by atoms with E-state index in [-0.39, 0.29) is 18.0 Å². The van der Waals surface area contributed by atoms with Gasteiger partial charge in [-0.1, -0.05) is 18.2 Å². The van der Waals surface area contributed by atoms with Gasteiger partial charge in [0, 0.05) is 36.4 Å². The molecule has 1 amide bonds. The van der Waals surface area contributed by atoms with Crippen molar-refractivity contribution >= 4 is 40.1 Å². The highest BCUT2D eigenvalue weighted by Gasteiger charge is 2.17. The molecule has 0 radical (unpaired) electrons. The summed E-state index contributed by atoms with van der Waals surface area (Å²) in [7, 11) is 0. The zero-order valence-corrected chi connectivity index (χ0v) is 22.3. The lowest BCUT2D eigenvalue weighted by molar-refractivity contribution is -0.117. The van der Waals surface area contributed by atoms with Crippen LogP contribution in [0.2, 0.25) is 0 Å². The molecule has 1 fully saturated rings. The van der Waals surface area contributed by atoms with Crippen LogP contribution < -0.4 is 27.3 Å². The lowest BCUT2D eigenvalue weighted by Gasteiger charge is -2.26. The van der Waals surface area contributed by atoms with Crippen LogP contribution in [-0.4, -0.2) is 68.0 Å². The van der Waals surface area contributed by atoms with Crippen molar-refractivity contribution in [1.29, 1.82) is 5.41 Å². The number of aliphatic imine (C=N–C) groups is 1. The molecule has 40 heavy (non-hydrogen) atoms. The molecule has 0 spiro atoms. The minimum Gasteiger partial charge on any atom is -0.423 e. The summed E-state index contributed by atoms with van der Waals surface area (Å²) in [6.45, 7) is 5.23. The van der Waals surface area contributed by atoms with Gasteiger partial charge in [-0.05, 0) is 66.6 Å². The number of carbonyl (C=O) groups excluding carboxylic acids is 2. The summed E-state index contributed by atoms with van der Waals surface area (Å²) < 4.78 is 11.0. The van der Waals surface area contributed by atoms with E-state index in [4.69, 9.17) is 32.1 Å². The highest BCUT2D eigenvalue weighted by atomic mass is 16.5. The van der Waals surface area contributed by atoms with Crippen LogP contribution in [0.15, 0.2) is 59.6 Å². The Balaban J connectivity index is 1.35. The number of morpholine rings is 1. The van der Waals surface area contributed by atoms with Crippen molar-refractivity contribution in [3.63, 3.8) is 0 Å². The highest BCUT2D eigenvalue weighted by Crippen LogP contribution is 2.30. The van der Waals surface area contributed by atoms with Gasteiger partial charge >= 0.3 is 5.97 Å². The number of hydrogen-bond donors (Lipinski definition) is 5. The van der Waals surface area contributed by atoms with Gasteiger partial charge in [0.05, 0.1) is 25.2 Å². The average Bonchev–Trinajstić information content (AvgIpc) is 2.94. The predicted octanol–water partition coefficient (Wildman–Crippen LogP) is 2.21. The van der Waals surface area contributed by atoms with Gasteiger partial charge in [-0.15, -0.1) is 0 Å². The van der Waals surface area contributed by atoms with Crippen LogP contribution in [-0.2, 0) is 16.0 Å². The molecule has 0 unspecified atom stereocenters. The maximum absolute atomic E-state index is 12.9. The summed E-state index contributed by atoms with van der Waals surface area (Å²) in [5.74, 6) is -0.675. The SMILES string of the molecule is N=C(N)c1ccc2c(CC(N)=O)c(OC(=O)c3ccc(NC(N)=NCCCCN4CCOCC4)cc3)ccc2c1. The van der Waals surface area contributed by atoms with Gasteiger partial charge in [-0.3, -0.25) is 20.1 Å².